The van der Waals surface area contributed by atoms with Crippen molar-refractivity contribution in [3.63, 3.8) is 0 Å². The summed E-state index contributed by atoms with van der Waals surface area (Å²) in [6.45, 7) is 0.107. The van der Waals surface area contributed by atoms with Crippen LogP contribution in [0, 0.1) is 11.6 Å². The molecule has 5 rings (SSSR count). The average Bonchev–Trinajstić information content (AvgIpc) is 3.22. The van der Waals surface area contributed by atoms with E-state index < -0.39 is 28.2 Å². The number of nitrogens with one attached hydrogen (secondary N) is 1. The first-order chi connectivity index (χ1) is 18.3. The fourth-order valence-electron chi connectivity index (χ4n) is 4.09. The zero-order valence-electron chi connectivity index (χ0n) is 20.0. The lowest BCUT2D eigenvalue weighted by molar-refractivity contribution is -0.115. The number of thioether (sulfide) groups is 1. The Morgan fingerprint density at radius 1 is 0.895 bits per heavy atom. The van der Waals surface area contributed by atoms with Crippen LogP contribution < -0.4 is 20.2 Å². The number of rotatable bonds is 7. The van der Waals surface area contributed by atoms with Gasteiger partial charge in [-0.25, -0.2) is 8.78 Å². The Hall–Kier alpha value is -4.44. The number of pyridine rings is 1. The van der Waals surface area contributed by atoms with Crippen molar-refractivity contribution in [1.82, 2.24) is 9.88 Å². The van der Waals surface area contributed by atoms with Crippen LogP contribution in [0.5, 0.6) is 11.5 Å². The average molecular weight is 535 g/mol. The number of halogens is 2. The molecule has 1 aliphatic heterocycles. The summed E-state index contributed by atoms with van der Waals surface area (Å²) >= 11 is 0.838. The molecule has 0 saturated carbocycles. The summed E-state index contributed by atoms with van der Waals surface area (Å²) in [5.41, 5.74) is 1.73. The van der Waals surface area contributed by atoms with Crippen molar-refractivity contribution in [2.75, 3.05) is 13.2 Å². The minimum Gasteiger partial charge on any atom is -0.490 e. The lowest BCUT2D eigenvalue weighted by Crippen LogP contribution is -2.18. The van der Waals surface area contributed by atoms with Crippen molar-refractivity contribution in [1.29, 1.82) is 0 Å². The van der Waals surface area contributed by atoms with Gasteiger partial charge >= 0.3 is 0 Å². The normalized spacial score (nSPS) is 14.2. The quantitative estimate of drug-likeness (QED) is 0.257. The second-order valence-electron chi connectivity index (χ2n) is 8.35. The Bertz CT molecular complexity index is 1650. The molecule has 2 heterocycles. The van der Waals surface area contributed by atoms with E-state index in [0.29, 0.717) is 27.4 Å². The van der Waals surface area contributed by atoms with E-state index in [-0.39, 0.29) is 24.3 Å². The van der Waals surface area contributed by atoms with E-state index in [1.165, 1.54) is 24.3 Å². The number of imide groups is 1. The highest BCUT2D eigenvalue weighted by atomic mass is 32.2. The van der Waals surface area contributed by atoms with E-state index in [9.17, 15) is 23.2 Å². The molecule has 3 aromatic carbocycles. The lowest BCUT2D eigenvalue weighted by Gasteiger charge is -2.18. The molecule has 1 aliphatic rings. The van der Waals surface area contributed by atoms with Crippen molar-refractivity contribution < 1.29 is 27.8 Å². The predicted molar refractivity (Wildman–Crippen MR) is 141 cm³/mol. The van der Waals surface area contributed by atoms with Gasteiger partial charge in [-0.1, -0.05) is 12.1 Å². The zero-order valence-corrected chi connectivity index (χ0v) is 20.8. The Morgan fingerprint density at radius 2 is 1.58 bits per heavy atom. The maximum Gasteiger partial charge on any atom is 0.290 e. The molecule has 0 atom stereocenters. The second-order valence-corrected chi connectivity index (χ2v) is 9.37. The monoisotopic (exact) mass is 534 g/mol. The van der Waals surface area contributed by atoms with E-state index in [4.69, 9.17) is 9.47 Å². The third-order valence-corrected chi connectivity index (χ3v) is 6.67. The number of carbonyl (C=O) groups is 2. The van der Waals surface area contributed by atoms with Gasteiger partial charge in [0.05, 0.1) is 21.5 Å². The minimum absolute atomic E-state index is 0.00432. The number of benzene rings is 3. The van der Waals surface area contributed by atoms with Crippen LogP contribution in [0.15, 0.2) is 76.4 Å². The van der Waals surface area contributed by atoms with Gasteiger partial charge in [-0.2, -0.15) is 0 Å². The van der Waals surface area contributed by atoms with Crippen LogP contribution in [0.2, 0.25) is 0 Å². The largest absolute Gasteiger partial charge is 0.490 e. The van der Waals surface area contributed by atoms with Crippen LogP contribution in [0.3, 0.4) is 0 Å². The molecule has 1 aromatic heterocycles. The lowest BCUT2D eigenvalue weighted by atomic mass is 10.1. The van der Waals surface area contributed by atoms with E-state index in [1.807, 2.05) is 0 Å². The Kier molecular flexibility index (Phi) is 6.97. The summed E-state index contributed by atoms with van der Waals surface area (Å²) < 4.78 is 40.8. The first kappa shape index (κ1) is 25.2. The van der Waals surface area contributed by atoms with Crippen LogP contribution in [0.4, 0.5) is 13.6 Å². The van der Waals surface area contributed by atoms with Gasteiger partial charge in [-0.05, 0) is 78.0 Å². The molecule has 38 heavy (non-hydrogen) atoms. The molecular formula is C28H20F2N2O5S. The van der Waals surface area contributed by atoms with Gasteiger partial charge in [0.15, 0.2) is 5.75 Å². The molecule has 7 nitrogen and oxygen atoms in total. The molecule has 10 heteroatoms. The smallest absolute Gasteiger partial charge is 0.290 e. The second kappa shape index (κ2) is 10.5. The molecule has 0 spiro atoms. The summed E-state index contributed by atoms with van der Waals surface area (Å²) in [5.74, 6) is -0.859. The van der Waals surface area contributed by atoms with Crippen LogP contribution in [0.1, 0.15) is 5.56 Å². The standard InChI is InChI=1S/C28H20F2N2O5S/c1-32-22-11-8-19(30)15-21(22)25(33)26(24(32)17-4-6-18(29)7-5-17)37-13-12-36-20-9-2-16(3-10-20)14-23-27(34)31-28(35)38-23/h2-11,14-15H,12-13H2,1H3,(H,31,34,35)/b23-14+. The van der Waals surface area contributed by atoms with Crippen LogP contribution in [-0.2, 0) is 11.8 Å². The molecule has 1 saturated heterocycles. The van der Waals surface area contributed by atoms with Gasteiger partial charge in [0.1, 0.15) is 30.6 Å². The van der Waals surface area contributed by atoms with Crippen molar-refractivity contribution in [2.45, 2.75) is 0 Å². The summed E-state index contributed by atoms with van der Waals surface area (Å²) in [5, 5.41) is 1.96. The predicted octanol–water partition coefficient (Wildman–Crippen LogP) is 5.27. The highest BCUT2D eigenvalue weighted by Gasteiger charge is 2.25. The van der Waals surface area contributed by atoms with Crippen LogP contribution >= 0.6 is 11.8 Å². The number of hydrogen-bond acceptors (Lipinski definition) is 6. The third kappa shape index (κ3) is 5.16. The zero-order chi connectivity index (χ0) is 26.8. The molecule has 1 N–H and O–H groups in total. The van der Waals surface area contributed by atoms with E-state index in [0.717, 1.165) is 23.4 Å². The highest BCUT2D eigenvalue weighted by Crippen LogP contribution is 2.31. The van der Waals surface area contributed by atoms with E-state index >= 15 is 0 Å². The molecular weight excluding hydrogens is 514 g/mol. The van der Waals surface area contributed by atoms with E-state index in [2.05, 4.69) is 5.32 Å². The van der Waals surface area contributed by atoms with Crippen molar-refractivity contribution in [2.24, 2.45) is 7.05 Å². The van der Waals surface area contributed by atoms with E-state index in [1.54, 1.807) is 54.1 Å². The minimum atomic E-state index is -0.545. The molecule has 4 aromatic rings. The van der Waals surface area contributed by atoms with Gasteiger partial charge in [0.25, 0.3) is 11.1 Å². The number of hydrogen-bond donors (Lipinski definition) is 1. The van der Waals surface area contributed by atoms with Gasteiger partial charge in [-0.3, -0.25) is 19.7 Å². The highest BCUT2D eigenvalue weighted by molar-refractivity contribution is 8.18. The summed E-state index contributed by atoms with van der Waals surface area (Å²) in [4.78, 5) is 36.6. The number of fused-ring (bicyclic) bond motifs is 1. The van der Waals surface area contributed by atoms with Crippen LogP contribution in [-0.4, -0.2) is 28.9 Å². The molecule has 0 aliphatic carbocycles. The topological polar surface area (TPSA) is 86.6 Å². The van der Waals surface area contributed by atoms with Crippen molar-refractivity contribution >= 4 is 39.9 Å². The SMILES string of the molecule is Cn1c(-c2ccc(F)cc2)c(OCCOc2ccc(/C=C3/SC(=O)NC3=O)cc2)c(=O)c2cc(F)ccc21. The Balaban J connectivity index is 1.34. The number of nitrogens with zero attached hydrogens (tertiary/aromatic N) is 1. The van der Waals surface area contributed by atoms with Gasteiger partial charge in [0, 0.05) is 12.6 Å². The fourth-order valence-corrected chi connectivity index (χ4v) is 4.77. The molecule has 192 valence electrons. The van der Waals surface area contributed by atoms with Gasteiger partial charge < -0.3 is 14.0 Å². The van der Waals surface area contributed by atoms with Crippen molar-refractivity contribution in [3.05, 3.63) is 99.1 Å². The summed E-state index contributed by atoms with van der Waals surface area (Å²) in [6, 6.07) is 16.5. The summed E-state index contributed by atoms with van der Waals surface area (Å²) in [7, 11) is 1.72. The fraction of sp³-hybridized carbons (Fsp3) is 0.107. The van der Waals surface area contributed by atoms with Crippen molar-refractivity contribution in [3.8, 4) is 22.8 Å². The number of aryl methyl sites for hydroxylation is 1. The molecule has 0 bridgehead atoms. The van der Waals surface area contributed by atoms with Gasteiger partial charge in [0.2, 0.25) is 5.43 Å². The first-order valence-electron chi connectivity index (χ1n) is 11.5. The maximum atomic E-state index is 13.9. The van der Waals surface area contributed by atoms with Gasteiger partial charge in [-0.15, -0.1) is 0 Å². The number of amides is 2. The molecule has 2 amide bonds. The third-order valence-electron chi connectivity index (χ3n) is 5.86. The first-order valence-corrected chi connectivity index (χ1v) is 12.3. The molecule has 0 radical (unpaired) electrons. The molecule has 0 unspecified atom stereocenters. The maximum absolute atomic E-state index is 13.9. The molecule has 1 fully saturated rings. The number of carbonyl (C=O) groups excluding carboxylic acids is 2. The number of aromatic nitrogens is 1. The number of ether oxygens (including phenoxy) is 2. The van der Waals surface area contributed by atoms with Crippen LogP contribution in [0.25, 0.3) is 28.2 Å². The Morgan fingerprint density at radius 3 is 2.26 bits per heavy atom. The summed E-state index contributed by atoms with van der Waals surface area (Å²) in [6.07, 6.45) is 1.60. The Labute approximate surface area is 219 Å².